The van der Waals surface area contributed by atoms with Crippen molar-refractivity contribution in [2.75, 3.05) is 0 Å². The molecule has 6 heteroatoms. The first kappa shape index (κ1) is 18.1. The predicted octanol–water partition coefficient (Wildman–Crippen LogP) is 3.90. The van der Waals surface area contributed by atoms with E-state index in [1.807, 2.05) is 30.3 Å². The molecule has 0 amide bonds. The maximum absolute atomic E-state index is 12.9. The Kier molecular flexibility index (Phi) is 4.79. The Hall–Kier alpha value is -3.25. The van der Waals surface area contributed by atoms with Crippen LogP contribution in [-0.4, -0.2) is 23.5 Å². The van der Waals surface area contributed by atoms with Crippen molar-refractivity contribution in [3.63, 3.8) is 0 Å². The second-order valence-electron chi connectivity index (χ2n) is 6.52. The average molecular weight is 390 g/mol. The van der Waals surface area contributed by atoms with Crippen molar-refractivity contribution in [3.05, 3.63) is 95.8 Å². The Morgan fingerprint density at radius 3 is 2.07 bits per heavy atom. The Balaban J connectivity index is 1.79. The molecule has 0 saturated carbocycles. The lowest BCUT2D eigenvalue weighted by molar-refractivity contribution is 0.474. The molecule has 0 unspecified atom stereocenters. The molecule has 4 rings (SSSR count). The minimum atomic E-state index is -3.56. The summed E-state index contributed by atoms with van der Waals surface area (Å²) in [5.41, 5.74) is 3.21. The molecule has 1 aromatic heterocycles. The maximum Gasteiger partial charge on any atom is 0.184 e. The molecule has 140 valence electrons. The highest BCUT2D eigenvalue weighted by Crippen LogP contribution is 2.22. The van der Waals surface area contributed by atoms with Gasteiger partial charge in [-0.3, -0.25) is 0 Å². The highest BCUT2D eigenvalue weighted by atomic mass is 32.2. The quantitative estimate of drug-likeness (QED) is 0.559. The first-order chi connectivity index (χ1) is 13.5. The highest BCUT2D eigenvalue weighted by molar-refractivity contribution is 7.90. The molecule has 0 radical (unpaired) electrons. The summed E-state index contributed by atoms with van der Waals surface area (Å²) in [6, 6.07) is 22.6. The third-order valence-corrected chi connectivity index (χ3v) is 6.08. The van der Waals surface area contributed by atoms with Gasteiger partial charge in [0, 0.05) is 6.42 Å². The summed E-state index contributed by atoms with van der Waals surface area (Å²) in [5, 5.41) is 9.74. The largest absolute Gasteiger partial charge is 0.508 e. The van der Waals surface area contributed by atoms with Crippen LogP contribution in [0, 0.1) is 0 Å². The van der Waals surface area contributed by atoms with Crippen LogP contribution in [0.3, 0.4) is 0 Å². The topological polar surface area (TPSA) is 80.2 Å². The van der Waals surface area contributed by atoms with Crippen molar-refractivity contribution in [2.24, 2.45) is 0 Å². The van der Waals surface area contributed by atoms with Crippen molar-refractivity contribution < 1.29 is 13.5 Å². The smallest absolute Gasteiger partial charge is 0.184 e. The molecule has 1 N–H and O–H groups in total. The lowest BCUT2D eigenvalue weighted by atomic mass is 10.1. The summed E-state index contributed by atoms with van der Waals surface area (Å²) in [6.07, 6.45) is 0.381. The van der Waals surface area contributed by atoms with Crippen LogP contribution in [0.4, 0.5) is 0 Å². The molecule has 0 saturated heterocycles. The van der Waals surface area contributed by atoms with E-state index in [1.54, 1.807) is 48.5 Å². The van der Waals surface area contributed by atoms with E-state index in [0.717, 1.165) is 5.56 Å². The van der Waals surface area contributed by atoms with Crippen LogP contribution < -0.4 is 0 Å². The number of hydrogen-bond acceptors (Lipinski definition) is 5. The number of sulfone groups is 1. The zero-order valence-corrected chi connectivity index (χ0v) is 15.8. The zero-order valence-electron chi connectivity index (χ0n) is 15.0. The number of phenols is 1. The molecule has 1 heterocycles. The van der Waals surface area contributed by atoms with Crippen LogP contribution in [0.15, 0.2) is 83.8 Å². The minimum Gasteiger partial charge on any atom is -0.508 e. The van der Waals surface area contributed by atoms with E-state index < -0.39 is 9.84 Å². The maximum atomic E-state index is 12.9. The molecule has 0 fully saturated rings. The van der Waals surface area contributed by atoms with E-state index in [0.29, 0.717) is 28.8 Å². The molecule has 0 aliphatic carbocycles. The second kappa shape index (κ2) is 7.40. The molecular formula is C22H18N2O3S. The minimum absolute atomic E-state index is 0.157. The van der Waals surface area contributed by atoms with Gasteiger partial charge in [0.1, 0.15) is 5.75 Å². The van der Waals surface area contributed by atoms with Crippen LogP contribution in [0.5, 0.6) is 5.75 Å². The number of hydrogen-bond donors (Lipinski definition) is 1. The normalized spacial score (nSPS) is 11.6. The number of nitrogens with zero attached hydrogens (tertiary/aromatic N) is 2. The number of fused-ring (bicyclic) bond motifs is 1. The van der Waals surface area contributed by atoms with Gasteiger partial charge in [-0.15, -0.1) is 0 Å². The molecule has 3 aromatic carbocycles. The zero-order chi connectivity index (χ0) is 19.6. The Bertz CT molecular complexity index is 1240. The Labute approximate surface area is 163 Å². The van der Waals surface area contributed by atoms with E-state index in [2.05, 4.69) is 9.97 Å². The number of aromatic hydroxyl groups is 1. The fraction of sp³-hybridized carbons (Fsp3) is 0.0909. The molecular weight excluding hydrogens is 372 g/mol. The summed E-state index contributed by atoms with van der Waals surface area (Å²) in [5.74, 6) is -0.0760. The van der Waals surface area contributed by atoms with Crippen molar-refractivity contribution >= 4 is 20.9 Å². The van der Waals surface area contributed by atoms with Gasteiger partial charge in [0.25, 0.3) is 0 Å². The molecule has 0 atom stereocenters. The summed E-state index contributed by atoms with van der Waals surface area (Å²) in [7, 11) is -3.56. The number of benzene rings is 3. The number of para-hydroxylation sites is 2. The molecule has 0 aliphatic heterocycles. The van der Waals surface area contributed by atoms with E-state index in [4.69, 9.17) is 0 Å². The van der Waals surface area contributed by atoms with E-state index in [-0.39, 0.29) is 16.4 Å². The second-order valence-corrected chi connectivity index (χ2v) is 8.51. The van der Waals surface area contributed by atoms with Crippen LogP contribution in [0.25, 0.3) is 11.0 Å². The third kappa shape index (κ3) is 3.87. The fourth-order valence-electron chi connectivity index (χ4n) is 3.08. The van der Waals surface area contributed by atoms with Gasteiger partial charge in [-0.1, -0.05) is 42.5 Å². The Morgan fingerprint density at radius 1 is 0.750 bits per heavy atom. The van der Waals surface area contributed by atoms with Gasteiger partial charge in [-0.25, -0.2) is 18.4 Å². The van der Waals surface area contributed by atoms with Crippen LogP contribution >= 0.6 is 0 Å². The Morgan fingerprint density at radius 2 is 1.39 bits per heavy atom. The third-order valence-electron chi connectivity index (χ3n) is 4.44. The summed E-state index contributed by atoms with van der Waals surface area (Å²) in [4.78, 5) is 9.53. The average Bonchev–Trinajstić information content (AvgIpc) is 2.69. The van der Waals surface area contributed by atoms with Gasteiger partial charge in [0.2, 0.25) is 0 Å². The summed E-state index contributed by atoms with van der Waals surface area (Å²) < 4.78 is 25.8. The van der Waals surface area contributed by atoms with E-state index >= 15 is 0 Å². The van der Waals surface area contributed by atoms with Gasteiger partial charge in [0.05, 0.1) is 33.1 Å². The lowest BCUT2D eigenvalue weighted by Gasteiger charge is -2.11. The van der Waals surface area contributed by atoms with Gasteiger partial charge in [-0.2, -0.15) is 0 Å². The van der Waals surface area contributed by atoms with E-state index in [1.165, 1.54) is 0 Å². The molecule has 4 aromatic rings. The van der Waals surface area contributed by atoms with E-state index in [9.17, 15) is 13.5 Å². The SMILES string of the molecule is O=S(=O)(Cc1nc2ccccc2nc1Cc1cccc(O)c1)c1ccccc1. The number of aromatic nitrogens is 2. The van der Waals surface area contributed by atoms with Gasteiger partial charge >= 0.3 is 0 Å². The monoisotopic (exact) mass is 390 g/mol. The van der Waals surface area contributed by atoms with Crippen molar-refractivity contribution in [2.45, 2.75) is 17.1 Å². The molecule has 28 heavy (non-hydrogen) atoms. The van der Waals surface area contributed by atoms with Crippen molar-refractivity contribution in [1.29, 1.82) is 0 Å². The fourth-order valence-corrected chi connectivity index (χ4v) is 4.41. The predicted molar refractivity (Wildman–Crippen MR) is 108 cm³/mol. The van der Waals surface area contributed by atoms with Crippen molar-refractivity contribution in [1.82, 2.24) is 9.97 Å². The first-order valence-electron chi connectivity index (χ1n) is 8.81. The van der Waals surface area contributed by atoms with Crippen LogP contribution in [0.2, 0.25) is 0 Å². The van der Waals surface area contributed by atoms with Gasteiger partial charge in [0.15, 0.2) is 9.84 Å². The number of rotatable bonds is 5. The molecule has 0 aliphatic rings. The van der Waals surface area contributed by atoms with Gasteiger partial charge in [-0.05, 0) is 42.0 Å². The number of phenolic OH excluding ortho intramolecular Hbond substituents is 1. The first-order valence-corrected chi connectivity index (χ1v) is 10.5. The molecule has 0 spiro atoms. The molecule has 0 bridgehead atoms. The summed E-state index contributed by atoms with van der Waals surface area (Å²) >= 11 is 0. The lowest BCUT2D eigenvalue weighted by Crippen LogP contribution is -2.11. The van der Waals surface area contributed by atoms with Gasteiger partial charge < -0.3 is 5.11 Å². The van der Waals surface area contributed by atoms with Crippen LogP contribution in [-0.2, 0) is 22.0 Å². The summed E-state index contributed by atoms with van der Waals surface area (Å²) in [6.45, 7) is 0. The van der Waals surface area contributed by atoms with Crippen molar-refractivity contribution in [3.8, 4) is 5.75 Å². The molecule has 5 nitrogen and oxygen atoms in total. The standard InChI is InChI=1S/C22H18N2O3S/c25-17-8-6-7-16(13-17)14-21-22(24-20-12-5-4-11-19(20)23-21)15-28(26,27)18-9-2-1-3-10-18/h1-13,25H,14-15H2. The highest BCUT2D eigenvalue weighted by Gasteiger charge is 2.20. The van der Waals surface area contributed by atoms with Crippen LogP contribution in [0.1, 0.15) is 17.0 Å².